The van der Waals surface area contributed by atoms with Crippen LogP contribution in [-0.2, 0) is 11.2 Å². The average Bonchev–Trinajstić information content (AvgIpc) is 2.91. The molecular weight excluding hydrogens is 300 g/mol. The number of carbonyl (C=O) groups excluding carboxylic acids is 2. The molecule has 0 aliphatic heterocycles. The number of rotatable bonds is 6. The SMILES string of the molecule is CCCc1cc(C(=O)OCC)c(NC(=O)c2cccnc2)s1. The van der Waals surface area contributed by atoms with Crippen molar-refractivity contribution in [1.82, 2.24) is 4.98 Å². The van der Waals surface area contributed by atoms with Crippen LogP contribution in [0.3, 0.4) is 0 Å². The summed E-state index contributed by atoms with van der Waals surface area (Å²) in [6, 6.07) is 5.16. The number of anilines is 1. The molecule has 0 bridgehead atoms. The van der Waals surface area contributed by atoms with Gasteiger partial charge in [0.25, 0.3) is 5.91 Å². The molecule has 0 aliphatic rings. The predicted octanol–water partition coefficient (Wildman–Crippen LogP) is 3.52. The summed E-state index contributed by atoms with van der Waals surface area (Å²) in [5.74, 6) is -0.703. The lowest BCUT2D eigenvalue weighted by molar-refractivity contribution is 0.0528. The largest absolute Gasteiger partial charge is 0.462 e. The zero-order chi connectivity index (χ0) is 15.9. The summed E-state index contributed by atoms with van der Waals surface area (Å²) >= 11 is 1.41. The molecule has 0 saturated carbocycles. The number of nitrogens with one attached hydrogen (secondary N) is 1. The lowest BCUT2D eigenvalue weighted by atomic mass is 10.2. The van der Waals surface area contributed by atoms with E-state index >= 15 is 0 Å². The summed E-state index contributed by atoms with van der Waals surface area (Å²) in [5.41, 5.74) is 0.857. The van der Waals surface area contributed by atoms with Crippen molar-refractivity contribution in [3.63, 3.8) is 0 Å². The number of thiophene rings is 1. The summed E-state index contributed by atoms with van der Waals surface area (Å²) < 4.78 is 5.05. The van der Waals surface area contributed by atoms with E-state index in [-0.39, 0.29) is 5.91 Å². The zero-order valence-electron chi connectivity index (χ0n) is 12.6. The summed E-state index contributed by atoms with van der Waals surface area (Å²) in [7, 11) is 0. The molecule has 1 N–H and O–H groups in total. The van der Waals surface area contributed by atoms with Gasteiger partial charge in [-0.15, -0.1) is 11.3 Å². The van der Waals surface area contributed by atoms with Crippen molar-refractivity contribution in [3.8, 4) is 0 Å². The molecule has 2 rings (SSSR count). The maximum atomic E-state index is 12.2. The molecule has 0 aromatic carbocycles. The molecule has 0 fully saturated rings. The lowest BCUT2D eigenvalue weighted by Gasteiger charge is -2.05. The molecular formula is C16H18N2O3S. The van der Waals surface area contributed by atoms with Crippen molar-refractivity contribution in [2.24, 2.45) is 0 Å². The Morgan fingerprint density at radius 1 is 1.36 bits per heavy atom. The third-order valence-corrected chi connectivity index (χ3v) is 4.04. The van der Waals surface area contributed by atoms with Gasteiger partial charge in [0, 0.05) is 17.3 Å². The summed E-state index contributed by atoms with van der Waals surface area (Å²) in [6.45, 7) is 4.12. The Labute approximate surface area is 133 Å². The van der Waals surface area contributed by atoms with Gasteiger partial charge in [0.15, 0.2) is 0 Å². The maximum absolute atomic E-state index is 12.2. The monoisotopic (exact) mass is 318 g/mol. The van der Waals surface area contributed by atoms with E-state index in [1.54, 1.807) is 31.3 Å². The van der Waals surface area contributed by atoms with Gasteiger partial charge in [0.2, 0.25) is 0 Å². The van der Waals surface area contributed by atoms with Gasteiger partial charge in [0.05, 0.1) is 17.7 Å². The van der Waals surface area contributed by atoms with E-state index in [2.05, 4.69) is 17.2 Å². The topological polar surface area (TPSA) is 68.3 Å². The highest BCUT2D eigenvalue weighted by Crippen LogP contribution is 2.30. The highest BCUT2D eigenvalue weighted by molar-refractivity contribution is 7.16. The number of aromatic nitrogens is 1. The van der Waals surface area contributed by atoms with Crippen molar-refractivity contribution in [1.29, 1.82) is 0 Å². The van der Waals surface area contributed by atoms with Crippen molar-refractivity contribution in [2.45, 2.75) is 26.7 Å². The van der Waals surface area contributed by atoms with Crippen LogP contribution in [0.4, 0.5) is 5.00 Å². The molecule has 2 heterocycles. The smallest absolute Gasteiger partial charge is 0.341 e. The van der Waals surface area contributed by atoms with Crippen LogP contribution in [-0.4, -0.2) is 23.5 Å². The first-order valence-corrected chi connectivity index (χ1v) is 7.98. The third kappa shape index (κ3) is 3.92. The number of carbonyl (C=O) groups is 2. The van der Waals surface area contributed by atoms with E-state index in [9.17, 15) is 9.59 Å². The fourth-order valence-electron chi connectivity index (χ4n) is 1.94. The first-order chi connectivity index (χ1) is 10.7. The van der Waals surface area contributed by atoms with E-state index in [0.29, 0.717) is 22.7 Å². The second-order valence-corrected chi connectivity index (χ2v) is 5.76. The fourth-order valence-corrected chi connectivity index (χ4v) is 3.08. The van der Waals surface area contributed by atoms with Crippen LogP contribution in [0.1, 0.15) is 45.9 Å². The predicted molar refractivity (Wildman–Crippen MR) is 86.5 cm³/mol. The number of pyridine rings is 1. The van der Waals surface area contributed by atoms with E-state index in [1.807, 2.05) is 0 Å². The Morgan fingerprint density at radius 2 is 2.18 bits per heavy atom. The van der Waals surface area contributed by atoms with Crippen molar-refractivity contribution in [2.75, 3.05) is 11.9 Å². The van der Waals surface area contributed by atoms with E-state index in [0.717, 1.165) is 17.7 Å². The number of esters is 1. The van der Waals surface area contributed by atoms with Crippen LogP contribution >= 0.6 is 11.3 Å². The van der Waals surface area contributed by atoms with Gasteiger partial charge < -0.3 is 10.1 Å². The highest BCUT2D eigenvalue weighted by atomic mass is 32.1. The van der Waals surface area contributed by atoms with Gasteiger partial charge in [-0.1, -0.05) is 13.3 Å². The molecule has 22 heavy (non-hydrogen) atoms. The number of amides is 1. The standard InChI is InChI=1S/C16H18N2O3S/c1-3-6-12-9-13(16(20)21-4-2)15(22-12)18-14(19)11-7-5-8-17-10-11/h5,7-10H,3-4,6H2,1-2H3,(H,18,19). The second kappa shape index (κ2) is 7.70. The number of ether oxygens (including phenoxy) is 1. The van der Waals surface area contributed by atoms with Crippen molar-refractivity contribution >= 4 is 28.2 Å². The van der Waals surface area contributed by atoms with E-state index < -0.39 is 5.97 Å². The molecule has 5 nitrogen and oxygen atoms in total. The molecule has 0 aliphatic carbocycles. The van der Waals surface area contributed by atoms with E-state index in [4.69, 9.17) is 4.74 Å². The molecule has 6 heteroatoms. The van der Waals surface area contributed by atoms with Crippen molar-refractivity contribution < 1.29 is 14.3 Å². The zero-order valence-corrected chi connectivity index (χ0v) is 13.4. The van der Waals surface area contributed by atoms with Crippen LogP contribution in [0.2, 0.25) is 0 Å². The molecule has 0 radical (unpaired) electrons. The van der Waals surface area contributed by atoms with Gasteiger partial charge in [0.1, 0.15) is 5.00 Å². The highest BCUT2D eigenvalue weighted by Gasteiger charge is 2.19. The van der Waals surface area contributed by atoms with Gasteiger partial charge in [-0.05, 0) is 31.5 Å². The first-order valence-electron chi connectivity index (χ1n) is 7.16. The molecule has 0 spiro atoms. The van der Waals surface area contributed by atoms with Crippen molar-refractivity contribution in [3.05, 3.63) is 46.6 Å². The molecule has 0 unspecified atom stereocenters. The Balaban J connectivity index is 2.24. The number of hydrogen-bond donors (Lipinski definition) is 1. The summed E-state index contributed by atoms with van der Waals surface area (Å²) in [5, 5.41) is 3.31. The van der Waals surface area contributed by atoms with E-state index in [1.165, 1.54) is 17.5 Å². The second-order valence-electron chi connectivity index (χ2n) is 4.62. The average molecular weight is 318 g/mol. The minimum absolute atomic E-state index is 0.288. The van der Waals surface area contributed by atoms with Gasteiger partial charge in [-0.2, -0.15) is 0 Å². The Morgan fingerprint density at radius 3 is 2.82 bits per heavy atom. The van der Waals surface area contributed by atoms with Crippen LogP contribution < -0.4 is 5.32 Å². The minimum Gasteiger partial charge on any atom is -0.462 e. The number of aryl methyl sites for hydroxylation is 1. The molecule has 116 valence electrons. The van der Waals surface area contributed by atoms with Crippen LogP contribution in [0.25, 0.3) is 0 Å². The third-order valence-electron chi connectivity index (χ3n) is 2.93. The minimum atomic E-state index is -0.414. The maximum Gasteiger partial charge on any atom is 0.341 e. The lowest BCUT2D eigenvalue weighted by Crippen LogP contribution is -2.14. The quantitative estimate of drug-likeness (QED) is 0.827. The first kappa shape index (κ1) is 16.2. The van der Waals surface area contributed by atoms with Gasteiger partial charge in [-0.25, -0.2) is 4.79 Å². The van der Waals surface area contributed by atoms with Gasteiger partial charge >= 0.3 is 5.97 Å². The summed E-state index contributed by atoms with van der Waals surface area (Å²) in [4.78, 5) is 29.2. The van der Waals surface area contributed by atoms with Gasteiger partial charge in [-0.3, -0.25) is 9.78 Å². The molecule has 2 aromatic heterocycles. The van der Waals surface area contributed by atoms with Crippen LogP contribution in [0.5, 0.6) is 0 Å². The number of nitrogens with zero attached hydrogens (tertiary/aromatic N) is 1. The normalized spacial score (nSPS) is 10.3. The molecule has 2 aromatic rings. The Hall–Kier alpha value is -2.21. The molecule has 1 amide bonds. The van der Waals surface area contributed by atoms with Crippen LogP contribution in [0, 0.1) is 0 Å². The number of hydrogen-bond acceptors (Lipinski definition) is 5. The Kier molecular flexibility index (Phi) is 5.66. The molecule has 0 saturated heterocycles. The Bertz CT molecular complexity index is 653. The fraction of sp³-hybridized carbons (Fsp3) is 0.312. The summed E-state index contributed by atoms with van der Waals surface area (Å²) in [6.07, 6.45) is 4.92. The molecule has 0 atom stereocenters. The van der Waals surface area contributed by atoms with Crippen LogP contribution in [0.15, 0.2) is 30.6 Å².